The Hall–Kier alpha value is -2.85. The van der Waals surface area contributed by atoms with Gasteiger partial charge < -0.3 is 9.15 Å². The van der Waals surface area contributed by atoms with Crippen molar-refractivity contribution in [2.75, 3.05) is 6.61 Å². The van der Waals surface area contributed by atoms with Crippen molar-refractivity contribution in [1.82, 2.24) is 0 Å². The maximum Gasteiger partial charge on any atom is 0.330 e. The monoisotopic (exact) mass is 437 g/mol. The van der Waals surface area contributed by atoms with E-state index in [-0.39, 0.29) is 5.97 Å². The molecule has 3 rings (SSSR count). The maximum atomic E-state index is 11.9. The molecule has 3 aromatic rings. The van der Waals surface area contributed by atoms with Gasteiger partial charge in [0.2, 0.25) is 5.55 Å². The standard InChI is InChI=1S/C26H28ClNO3/c1-3-5-6-7-12-24-22(17-18-25(29)30-4-2)21-10-8-9-11-23(21)26(31-24)28-20-15-13-19(27)14-16-20/h8-11,13-18H,3-7,12H2,1-2H3/b18-17+,28-26?. The minimum absolute atomic E-state index is 0.344. The van der Waals surface area contributed by atoms with Crippen molar-refractivity contribution in [3.05, 3.63) is 76.5 Å². The van der Waals surface area contributed by atoms with Gasteiger partial charge in [-0.15, -0.1) is 0 Å². The number of nitrogens with zero attached hydrogens (tertiary/aromatic N) is 1. The minimum Gasteiger partial charge on any atom is -0.463 e. The van der Waals surface area contributed by atoms with Crippen LogP contribution in [0.2, 0.25) is 5.02 Å². The van der Waals surface area contributed by atoms with Gasteiger partial charge in [-0.1, -0.05) is 56.0 Å². The first-order valence-corrected chi connectivity index (χ1v) is 11.2. The van der Waals surface area contributed by atoms with E-state index in [4.69, 9.17) is 25.7 Å². The molecule has 0 aliphatic rings. The second kappa shape index (κ2) is 11.5. The van der Waals surface area contributed by atoms with Gasteiger partial charge >= 0.3 is 5.97 Å². The minimum atomic E-state index is -0.363. The zero-order chi connectivity index (χ0) is 22.1. The molecule has 0 amide bonds. The quantitative estimate of drug-likeness (QED) is 0.205. The van der Waals surface area contributed by atoms with Crippen LogP contribution >= 0.6 is 11.6 Å². The third kappa shape index (κ3) is 6.31. The molecule has 0 atom stereocenters. The summed E-state index contributed by atoms with van der Waals surface area (Å²) in [6, 6.07) is 15.3. The van der Waals surface area contributed by atoms with Crippen molar-refractivity contribution in [3.8, 4) is 0 Å². The number of rotatable bonds is 9. The molecule has 0 saturated heterocycles. The molecular weight excluding hydrogens is 410 g/mol. The van der Waals surface area contributed by atoms with Gasteiger partial charge in [0.15, 0.2) is 0 Å². The van der Waals surface area contributed by atoms with Crippen molar-refractivity contribution in [3.63, 3.8) is 0 Å². The molecule has 1 aromatic heterocycles. The molecule has 162 valence electrons. The normalized spacial score (nSPS) is 12.0. The van der Waals surface area contributed by atoms with Crippen LogP contribution in [0.5, 0.6) is 0 Å². The predicted octanol–water partition coefficient (Wildman–Crippen LogP) is 7.02. The van der Waals surface area contributed by atoms with Crippen LogP contribution in [0.25, 0.3) is 16.8 Å². The lowest BCUT2D eigenvalue weighted by Crippen LogP contribution is -2.08. The van der Waals surface area contributed by atoms with Crippen molar-refractivity contribution in [1.29, 1.82) is 0 Å². The molecule has 0 N–H and O–H groups in total. The van der Waals surface area contributed by atoms with E-state index in [0.29, 0.717) is 17.2 Å². The average Bonchev–Trinajstić information content (AvgIpc) is 2.78. The molecule has 0 saturated carbocycles. The summed E-state index contributed by atoms with van der Waals surface area (Å²) >= 11 is 6.01. The highest BCUT2D eigenvalue weighted by Gasteiger charge is 2.12. The molecule has 5 heteroatoms. The number of aryl methyl sites for hydroxylation is 1. The van der Waals surface area contributed by atoms with Gasteiger partial charge in [0, 0.05) is 28.5 Å². The summed E-state index contributed by atoms with van der Waals surface area (Å²) in [5.74, 6) is 0.460. The number of benzene rings is 2. The predicted molar refractivity (Wildman–Crippen MR) is 126 cm³/mol. The van der Waals surface area contributed by atoms with Crippen molar-refractivity contribution in [2.45, 2.75) is 46.0 Å². The zero-order valence-electron chi connectivity index (χ0n) is 18.1. The van der Waals surface area contributed by atoms with E-state index < -0.39 is 0 Å². The Kier molecular flexibility index (Phi) is 8.48. The Balaban J connectivity index is 2.13. The highest BCUT2D eigenvalue weighted by molar-refractivity contribution is 6.30. The first-order valence-electron chi connectivity index (χ1n) is 10.8. The van der Waals surface area contributed by atoms with E-state index in [1.165, 1.54) is 18.9 Å². The Morgan fingerprint density at radius 1 is 1.03 bits per heavy atom. The molecule has 0 aliphatic heterocycles. The lowest BCUT2D eigenvalue weighted by molar-refractivity contribution is -0.137. The molecule has 0 radical (unpaired) electrons. The highest BCUT2D eigenvalue weighted by atomic mass is 35.5. The number of hydrogen-bond acceptors (Lipinski definition) is 4. The van der Waals surface area contributed by atoms with Crippen LogP contribution in [0.3, 0.4) is 0 Å². The number of hydrogen-bond donors (Lipinski definition) is 0. The Labute approximate surface area is 188 Å². The van der Waals surface area contributed by atoms with E-state index in [1.807, 2.05) is 48.5 Å². The number of esters is 1. The van der Waals surface area contributed by atoms with Gasteiger partial charge in [0.1, 0.15) is 5.76 Å². The van der Waals surface area contributed by atoms with Crippen LogP contribution in [0, 0.1) is 0 Å². The second-order valence-corrected chi connectivity index (χ2v) is 7.71. The van der Waals surface area contributed by atoms with E-state index in [9.17, 15) is 4.79 Å². The summed E-state index contributed by atoms with van der Waals surface area (Å²) in [7, 11) is 0. The van der Waals surface area contributed by atoms with Crippen LogP contribution in [-0.2, 0) is 16.0 Å². The first-order chi connectivity index (χ1) is 15.1. The van der Waals surface area contributed by atoms with E-state index in [1.54, 1.807) is 13.0 Å². The van der Waals surface area contributed by atoms with E-state index >= 15 is 0 Å². The Morgan fingerprint density at radius 3 is 2.48 bits per heavy atom. The van der Waals surface area contributed by atoms with Gasteiger partial charge in [-0.25, -0.2) is 9.79 Å². The average molecular weight is 438 g/mol. The summed E-state index contributed by atoms with van der Waals surface area (Å²) in [5, 5.41) is 2.54. The Bertz CT molecular complexity index is 1110. The molecule has 4 nitrogen and oxygen atoms in total. The third-order valence-corrected chi connectivity index (χ3v) is 5.21. The Morgan fingerprint density at radius 2 is 1.77 bits per heavy atom. The lowest BCUT2D eigenvalue weighted by atomic mass is 10.0. The molecule has 2 aromatic carbocycles. The number of unbranched alkanes of at least 4 members (excludes halogenated alkanes) is 3. The van der Waals surface area contributed by atoms with Crippen LogP contribution in [0.1, 0.15) is 50.9 Å². The number of fused-ring (bicyclic) bond motifs is 1. The van der Waals surface area contributed by atoms with Gasteiger partial charge in [0.25, 0.3) is 0 Å². The van der Waals surface area contributed by atoms with Crippen molar-refractivity contribution < 1.29 is 13.9 Å². The van der Waals surface area contributed by atoms with E-state index in [0.717, 1.165) is 47.0 Å². The molecule has 0 aliphatic carbocycles. The van der Waals surface area contributed by atoms with Crippen LogP contribution in [-0.4, -0.2) is 12.6 Å². The molecule has 0 unspecified atom stereocenters. The summed E-state index contributed by atoms with van der Waals surface area (Å²) in [6.07, 6.45) is 8.53. The zero-order valence-corrected chi connectivity index (χ0v) is 18.8. The van der Waals surface area contributed by atoms with Gasteiger partial charge in [-0.05, 0) is 55.1 Å². The summed E-state index contributed by atoms with van der Waals surface area (Å²) in [5.41, 5.74) is 2.22. The maximum absolute atomic E-state index is 11.9. The van der Waals surface area contributed by atoms with Gasteiger partial charge in [-0.2, -0.15) is 0 Å². The highest BCUT2D eigenvalue weighted by Crippen LogP contribution is 2.24. The molecular formula is C26H28ClNO3. The fourth-order valence-electron chi connectivity index (χ4n) is 3.42. The molecule has 0 fully saturated rings. The van der Waals surface area contributed by atoms with Crippen LogP contribution in [0.4, 0.5) is 5.69 Å². The third-order valence-electron chi connectivity index (χ3n) is 4.96. The van der Waals surface area contributed by atoms with Gasteiger partial charge in [0.05, 0.1) is 12.3 Å². The fourth-order valence-corrected chi connectivity index (χ4v) is 3.55. The first kappa shape index (κ1) is 22.8. The summed E-state index contributed by atoms with van der Waals surface area (Å²) in [4.78, 5) is 16.7. The SMILES string of the molecule is CCCCCCc1oc(=Nc2ccc(Cl)cc2)c2ccccc2c1/C=C/C(=O)OCC. The molecule has 0 bridgehead atoms. The number of carbonyl (C=O) groups excluding carboxylic acids is 1. The summed E-state index contributed by atoms with van der Waals surface area (Å²) < 4.78 is 11.4. The van der Waals surface area contributed by atoms with E-state index in [2.05, 4.69) is 6.92 Å². The molecule has 1 heterocycles. The van der Waals surface area contributed by atoms with Crippen molar-refractivity contribution in [2.24, 2.45) is 4.99 Å². The second-order valence-electron chi connectivity index (χ2n) is 7.27. The smallest absolute Gasteiger partial charge is 0.330 e. The number of halogens is 1. The lowest BCUT2D eigenvalue weighted by Gasteiger charge is -2.10. The molecule has 31 heavy (non-hydrogen) atoms. The van der Waals surface area contributed by atoms with Gasteiger partial charge in [-0.3, -0.25) is 0 Å². The fraction of sp³-hybridized carbons (Fsp3) is 0.308. The van der Waals surface area contributed by atoms with Crippen LogP contribution in [0.15, 0.2) is 64.0 Å². The van der Waals surface area contributed by atoms with Crippen LogP contribution < -0.4 is 5.55 Å². The summed E-state index contributed by atoms with van der Waals surface area (Å²) in [6.45, 7) is 4.33. The molecule has 0 spiro atoms. The largest absolute Gasteiger partial charge is 0.463 e. The number of carbonyl (C=O) groups is 1. The number of ether oxygens (including phenoxy) is 1. The topological polar surface area (TPSA) is 51.8 Å². The van der Waals surface area contributed by atoms with Crippen molar-refractivity contribution >= 4 is 40.1 Å².